The van der Waals surface area contributed by atoms with E-state index in [2.05, 4.69) is 16.7 Å². The van der Waals surface area contributed by atoms with Crippen molar-refractivity contribution in [2.24, 2.45) is 5.92 Å². The van der Waals surface area contributed by atoms with E-state index in [9.17, 15) is 9.59 Å². The van der Waals surface area contributed by atoms with Crippen molar-refractivity contribution in [3.8, 4) is 5.75 Å². The monoisotopic (exact) mass is 365 g/mol. The maximum Gasteiger partial charge on any atom is 0.322 e. The van der Waals surface area contributed by atoms with Crippen LogP contribution in [-0.4, -0.2) is 38.2 Å². The normalized spacial score (nSPS) is 18.5. The Bertz CT molecular complexity index is 881. The van der Waals surface area contributed by atoms with Gasteiger partial charge >= 0.3 is 6.03 Å². The smallest absolute Gasteiger partial charge is 0.322 e. The van der Waals surface area contributed by atoms with Gasteiger partial charge < -0.3 is 15.4 Å². The first-order valence-corrected chi connectivity index (χ1v) is 9.27. The molecule has 2 aliphatic rings. The number of rotatable bonds is 4. The molecule has 0 aromatic heterocycles. The quantitative estimate of drug-likeness (QED) is 0.875. The number of para-hydroxylation sites is 1. The average molecular weight is 365 g/mol. The lowest BCUT2D eigenvalue weighted by Gasteiger charge is -2.25. The van der Waals surface area contributed by atoms with Crippen LogP contribution in [0.3, 0.4) is 0 Å². The van der Waals surface area contributed by atoms with Crippen LogP contribution in [-0.2, 0) is 6.42 Å². The number of aryl methyl sites for hydroxylation is 1. The zero-order chi connectivity index (χ0) is 18.8. The van der Waals surface area contributed by atoms with E-state index in [-0.39, 0.29) is 17.9 Å². The Morgan fingerprint density at radius 2 is 2.15 bits per heavy atom. The summed E-state index contributed by atoms with van der Waals surface area (Å²) in [4.78, 5) is 26.2. The molecule has 0 aliphatic carbocycles. The second kappa shape index (κ2) is 7.31. The molecule has 0 bridgehead atoms. The largest absolute Gasteiger partial charge is 0.493 e. The zero-order valence-electron chi connectivity index (χ0n) is 15.3. The van der Waals surface area contributed by atoms with Gasteiger partial charge in [0.15, 0.2) is 0 Å². The van der Waals surface area contributed by atoms with Crippen LogP contribution in [0.5, 0.6) is 5.75 Å². The summed E-state index contributed by atoms with van der Waals surface area (Å²) in [7, 11) is 0. The van der Waals surface area contributed by atoms with Crippen molar-refractivity contribution in [1.82, 2.24) is 10.6 Å². The number of urea groups is 1. The first-order chi connectivity index (χ1) is 13.1. The van der Waals surface area contributed by atoms with Crippen molar-refractivity contribution >= 4 is 17.6 Å². The third-order valence-electron chi connectivity index (χ3n) is 5.13. The first kappa shape index (κ1) is 17.4. The molecule has 1 atom stereocenters. The molecule has 6 heteroatoms. The van der Waals surface area contributed by atoms with E-state index in [1.807, 2.05) is 31.2 Å². The third kappa shape index (κ3) is 3.60. The Morgan fingerprint density at radius 3 is 2.96 bits per heavy atom. The van der Waals surface area contributed by atoms with Crippen molar-refractivity contribution < 1.29 is 14.3 Å². The highest BCUT2D eigenvalue weighted by Gasteiger charge is 2.24. The Balaban J connectivity index is 1.41. The number of hydrogen-bond donors (Lipinski definition) is 2. The molecule has 1 saturated heterocycles. The number of benzene rings is 2. The number of ether oxygens (including phenoxy) is 1. The molecule has 3 amide bonds. The highest BCUT2D eigenvalue weighted by Crippen LogP contribution is 2.27. The number of amides is 3. The van der Waals surface area contributed by atoms with Crippen LogP contribution in [0.15, 0.2) is 42.5 Å². The molecule has 4 rings (SSSR count). The molecular formula is C21H23N3O3. The second-order valence-corrected chi connectivity index (χ2v) is 7.08. The van der Waals surface area contributed by atoms with Gasteiger partial charge in [-0.2, -0.15) is 0 Å². The molecular weight excluding hydrogens is 342 g/mol. The van der Waals surface area contributed by atoms with Gasteiger partial charge in [-0.05, 0) is 42.7 Å². The van der Waals surface area contributed by atoms with E-state index in [4.69, 9.17) is 4.74 Å². The summed E-state index contributed by atoms with van der Waals surface area (Å²) < 4.78 is 5.79. The Labute approximate surface area is 158 Å². The van der Waals surface area contributed by atoms with Crippen molar-refractivity contribution in [3.05, 3.63) is 59.2 Å². The SMILES string of the molecule is Cc1ccc(C(=O)NCC2COc3ccccc3C2)cc1N1CCNC1=O. The van der Waals surface area contributed by atoms with E-state index in [1.54, 1.807) is 17.0 Å². The van der Waals surface area contributed by atoms with Crippen LogP contribution in [0.4, 0.5) is 10.5 Å². The van der Waals surface area contributed by atoms with Crippen LogP contribution in [0.2, 0.25) is 0 Å². The summed E-state index contributed by atoms with van der Waals surface area (Å²) in [5.41, 5.74) is 3.50. The van der Waals surface area contributed by atoms with Gasteiger partial charge in [-0.3, -0.25) is 9.69 Å². The Morgan fingerprint density at radius 1 is 1.30 bits per heavy atom. The Kier molecular flexibility index (Phi) is 4.71. The lowest BCUT2D eigenvalue weighted by Crippen LogP contribution is -2.35. The maximum atomic E-state index is 12.6. The summed E-state index contributed by atoms with van der Waals surface area (Å²) in [6.45, 7) is 4.34. The summed E-state index contributed by atoms with van der Waals surface area (Å²) in [6.07, 6.45) is 0.892. The van der Waals surface area contributed by atoms with Crippen LogP contribution in [0.25, 0.3) is 0 Å². The third-order valence-corrected chi connectivity index (χ3v) is 5.13. The molecule has 2 aromatic rings. The molecule has 27 heavy (non-hydrogen) atoms. The van der Waals surface area contributed by atoms with Crippen LogP contribution >= 0.6 is 0 Å². The van der Waals surface area contributed by atoms with Gasteiger partial charge in [0.25, 0.3) is 5.91 Å². The molecule has 2 aromatic carbocycles. The van der Waals surface area contributed by atoms with E-state index in [0.717, 1.165) is 23.4 Å². The molecule has 0 spiro atoms. The number of anilines is 1. The highest BCUT2D eigenvalue weighted by molar-refractivity contribution is 5.99. The number of nitrogens with one attached hydrogen (secondary N) is 2. The number of carbonyl (C=O) groups is 2. The Hall–Kier alpha value is -3.02. The number of carbonyl (C=O) groups excluding carboxylic acids is 2. The van der Waals surface area contributed by atoms with Crippen molar-refractivity contribution in [1.29, 1.82) is 0 Å². The summed E-state index contributed by atoms with van der Waals surface area (Å²) >= 11 is 0. The molecule has 0 radical (unpaired) electrons. The van der Waals surface area contributed by atoms with Crippen LogP contribution in [0, 0.1) is 12.8 Å². The van der Waals surface area contributed by atoms with Crippen molar-refractivity contribution in [2.45, 2.75) is 13.3 Å². The summed E-state index contributed by atoms with van der Waals surface area (Å²) in [6, 6.07) is 13.4. The fourth-order valence-electron chi connectivity index (χ4n) is 3.60. The number of fused-ring (bicyclic) bond motifs is 1. The second-order valence-electron chi connectivity index (χ2n) is 7.08. The first-order valence-electron chi connectivity index (χ1n) is 9.27. The molecule has 0 saturated carbocycles. The molecule has 140 valence electrons. The van der Waals surface area contributed by atoms with E-state index in [1.165, 1.54) is 5.56 Å². The molecule has 2 aliphatic heterocycles. The van der Waals surface area contributed by atoms with Gasteiger partial charge in [-0.15, -0.1) is 0 Å². The van der Waals surface area contributed by atoms with E-state index in [0.29, 0.717) is 31.8 Å². The summed E-state index contributed by atoms with van der Waals surface area (Å²) in [5.74, 6) is 1.06. The highest BCUT2D eigenvalue weighted by atomic mass is 16.5. The minimum absolute atomic E-state index is 0.117. The molecule has 1 unspecified atom stereocenters. The molecule has 2 heterocycles. The average Bonchev–Trinajstić information content (AvgIpc) is 3.12. The van der Waals surface area contributed by atoms with Gasteiger partial charge in [-0.1, -0.05) is 24.3 Å². The fraction of sp³-hybridized carbons (Fsp3) is 0.333. The molecule has 6 nitrogen and oxygen atoms in total. The standard InChI is InChI=1S/C21H23N3O3/c1-14-6-7-17(11-18(14)24-9-8-22-21(24)26)20(25)23-12-15-10-16-4-2-3-5-19(16)27-13-15/h2-7,11,15H,8-10,12-13H2,1H3,(H,22,26)(H,23,25). The lowest BCUT2D eigenvalue weighted by atomic mass is 9.96. The fourth-order valence-corrected chi connectivity index (χ4v) is 3.60. The number of hydrogen-bond acceptors (Lipinski definition) is 3. The minimum Gasteiger partial charge on any atom is -0.493 e. The van der Waals surface area contributed by atoms with Crippen LogP contribution in [0.1, 0.15) is 21.5 Å². The van der Waals surface area contributed by atoms with Gasteiger partial charge in [0.05, 0.1) is 6.61 Å². The number of nitrogens with zero attached hydrogens (tertiary/aromatic N) is 1. The van der Waals surface area contributed by atoms with Gasteiger partial charge in [0.2, 0.25) is 0 Å². The molecule has 1 fully saturated rings. The zero-order valence-corrected chi connectivity index (χ0v) is 15.3. The molecule has 2 N–H and O–H groups in total. The van der Waals surface area contributed by atoms with E-state index < -0.39 is 0 Å². The van der Waals surface area contributed by atoms with Crippen LogP contribution < -0.4 is 20.3 Å². The van der Waals surface area contributed by atoms with Gasteiger partial charge in [-0.25, -0.2) is 4.79 Å². The predicted molar refractivity (Wildman–Crippen MR) is 103 cm³/mol. The van der Waals surface area contributed by atoms with Gasteiger partial charge in [0, 0.05) is 36.8 Å². The minimum atomic E-state index is -0.130. The topological polar surface area (TPSA) is 70.7 Å². The van der Waals surface area contributed by atoms with Crippen molar-refractivity contribution in [2.75, 3.05) is 31.1 Å². The maximum absolute atomic E-state index is 12.6. The van der Waals surface area contributed by atoms with Crippen molar-refractivity contribution in [3.63, 3.8) is 0 Å². The van der Waals surface area contributed by atoms with Gasteiger partial charge in [0.1, 0.15) is 5.75 Å². The van der Waals surface area contributed by atoms with E-state index >= 15 is 0 Å². The predicted octanol–water partition coefficient (Wildman–Crippen LogP) is 2.51. The summed E-state index contributed by atoms with van der Waals surface area (Å²) in [5, 5.41) is 5.80. The lowest BCUT2D eigenvalue weighted by molar-refractivity contribution is 0.0939.